The lowest BCUT2D eigenvalue weighted by Gasteiger charge is -1.95. The molecule has 0 saturated heterocycles. The number of carbonyl (C=O) groups is 2. The third-order valence-corrected chi connectivity index (χ3v) is 0.585. The van der Waals surface area contributed by atoms with Crippen molar-refractivity contribution in [2.24, 2.45) is 0 Å². The van der Waals surface area contributed by atoms with Crippen molar-refractivity contribution in [1.29, 1.82) is 0 Å². The Kier molecular flexibility index (Phi) is 2.64. The van der Waals surface area contributed by atoms with Crippen LogP contribution >= 0.6 is 0 Å². The second-order valence-corrected chi connectivity index (χ2v) is 1.66. The molecule has 0 aliphatic heterocycles. The average molecular weight is 128 g/mol. The average Bonchev–Trinajstić information content (AvgIpc) is 1.63. The molecule has 50 valence electrons. The fraction of sp³-hybridized carbons (Fsp3) is 0.333. The van der Waals surface area contributed by atoms with E-state index in [1.165, 1.54) is 13.8 Å². The van der Waals surface area contributed by atoms with Gasteiger partial charge in [-0.05, 0) is 6.92 Å². The zero-order chi connectivity index (χ0) is 7.44. The molecule has 0 heterocycles. The van der Waals surface area contributed by atoms with Crippen LogP contribution in [0.25, 0.3) is 0 Å². The van der Waals surface area contributed by atoms with Gasteiger partial charge in [0.2, 0.25) is 0 Å². The molecule has 0 amide bonds. The summed E-state index contributed by atoms with van der Waals surface area (Å²) in [5.74, 6) is -1.27. The Morgan fingerprint density at radius 1 is 1.33 bits per heavy atom. The summed E-state index contributed by atoms with van der Waals surface area (Å²) in [5.41, 5.74) is 0.227. The van der Waals surface area contributed by atoms with Crippen LogP contribution in [0.1, 0.15) is 13.8 Å². The predicted octanol–water partition coefficient (Wildman–Crippen LogP) is 0.652. The van der Waals surface area contributed by atoms with E-state index in [9.17, 15) is 9.59 Å². The minimum atomic E-state index is -0.664. The Labute approximate surface area is 53.3 Å². The smallest absolute Gasteiger partial charge is 0.340 e. The SMILES string of the molecule is C=C(C)C(=O)OC(C)=O. The maximum atomic E-state index is 10.4. The quantitative estimate of drug-likeness (QED) is 0.296. The fourth-order valence-corrected chi connectivity index (χ4v) is 0.218. The van der Waals surface area contributed by atoms with Crippen LogP contribution in [0, 0.1) is 0 Å². The highest BCUT2D eigenvalue weighted by Gasteiger charge is 2.04. The normalized spacial score (nSPS) is 8.22. The molecule has 9 heavy (non-hydrogen) atoms. The molecule has 0 aromatic heterocycles. The highest BCUT2D eigenvalue weighted by atomic mass is 16.6. The third kappa shape index (κ3) is 3.46. The summed E-state index contributed by atoms with van der Waals surface area (Å²) in [6.07, 6.45) is 0. The van der Waals surface area contributed by atoms with E-state index >= 15 is 0 Å². The molecule has 3 heteroatoms. The number of hydrogen-bond acceptors (Lipinski definition) is 3. The molecule has 0 N–H and O–H groups in total. The van der Waals surface area contributed by atoms with Gasteiger partial charge in [0.05, 0.1) is 0 Å². The molecular weight excluding hydrogens is 120 g/mol. The molecule has 0 rings (SSSR count). The number of rotatable bonds is 1. The summed E-state index contributed by atoms with van der Waals surface area (Å²) in [6.45, 7) is 5.93. The third-order valence-electron chi connectivity index (χ3n) is 0.585. The lowest BCUT2D eigenvalue weighted by Crippen LogP contribution is -2.08. The zero-order valence-electron chi connectivity index (χ0n) is 5.43. The maximum absolute atomic E-state index is 10.4. The van der Waals surface area contributed by atoms with Crippen LogP contribution in [0.5, 0.6) is 0 Å². The van der Waals surface area contributed by atoms with Gasteiger partial charge in [-0.1, -0.05) is 6.58 Å². The highest BCUT2D eigenvalue weighted by Crippen LogP contribution is 1.90. The summed E-state index contributed by atoms with van der Waals surface area (Å²) < 4.78 is 4.13. The van der Waals surface area contributed by atoms with E-state index in [1.807, 2.05) is 0 Å². The van der Waals surface area contributed by atoms with Gasteiger partial charge >= 0.3 is 11.9 Å². The molecule has 0 atom stereocenters. The number of esters is 2. The topological polar surface area (TPSA) is 43.4 Å². The molecule has 3 nitrogen and oxygen atoms in total. The lowest BCUT2D eigenvalue weighted by atomic mass is 10.4. The Hall–Kier alpha value is -1.12. The van der Waals surface area contributed by atoms with Gasteiger partial charge in [-0.15, -0.1) is 0 Å². The maximum Gasteiger partial charge on any atom is 0.340 e. The fourth-order valence-electron chi connectivity index (χ4n) is 0.218. The Morgan fingerprint density at radius 2 is 1.78 bits per heavy atom. The van der Waals surface area contributed by atoms with Crippen molar-refractivity contribution in [2.75, 3.05) is 0 Å². The summed E-state index contributed by atoms with van der Waals surface area (Å²) in [5, 5.41) is 0. The van der Waals surface area contributed by atoms with Crippen molar-refractivity contribution in [3.05, 3.63) is 12.2 Å². The van der Waals surface area contributed by atoms with Crippen molar-refractivity contribution in [3.63, 3.8) is 0 Å². The molecular formula is C6H8O3. The highest BCUT2D eigenvalue weighted by molar-refractivity contribution is 5.94. The van der Waals surface area contributed by atoms with E-state index in [0.29, 0.717) is 0 Å². The van der Waals surface area contributed by atoms with Crippen LogP contribution in [-0.4, -0.2) is 11.9 Å². The number of carbonyl (C=O) groups excluding carboxylic acids is 2. The van der Waals surface area contributed by atoms with Crippen LogP contribution < -0.4 is 0 Å². The van der Waals surface area contributed by atoms with Crippen molar-refractivity contribution >= 4 is 11.9 Å². The van der Waals surface area contributed by atoms with Gasteiger partial charge in [0.25, 0.3) is 0 Å². The first-order chi connectivity index (χ1) is 4.04. The largest absolute Gasteiger partial charge is 0.390 e. The van der Waals surface area contributed by atoms with Crippen molar-refractivity contribution in [1.82, 2.24) is 0 Å². The summed E-state index contributed by atoms with van der Waals surface area (Å²) >= 11 is 0. The standard InChI is InChI=1S/C6H8O3/c1-4(2)6(8)9-5(3)7/h1H2,2-3H3. The van der Waals surface area contributed by atoms with Crippen molar-refractivity contribution in [3.8, 4) is 0 Å². The minimum Gasteiger partial charge on any atom is -0.390 e. The second kappa shape index (κ2) is 3.02. The van der Waals surface area contributed by atoms with Gasteiger partial charge < -0.3 is 4.74 Å². The summed E-state index contributed by atoms with van der Waals surface area (Å²) in [6, 6.07) is 0. The first kappa shape index (κ1) is 7.88. The summed E-state index contributed by atoms with van der Waals surface area (Å²) in [7, 11) is 0. The Morgan fingerprint density at radius 3 is 1.89 bits per heavy atom. The van der Waals surface area contributed by atoms with Crippen LogP contribution in [-0.2, 0) is 14.3 Å². The lowest BCUT2D eigenvalue weighted by molar-refractivity contribution is -0.155. The van der Waals surface area contributed by atoms with E-state index in [2.05, 4.69) is 11.3 Å². The van der Waals surface area contributed by atoms with Gasteiger partial charge in [-0.3, -0.25) is 4.79 Å². The monoisotopic (exact) mass is 128 g/mol. The van der Waals surface area contributed by atoms with Crippen LogP contribution in [0.4, 0.5) is 0 Å². The van der Waals surface area contributed by atoms with E-state index in [4.69, 9.17) is 0 Å². The Balaban J connectivity index is 3.79. The van der Waals surface area contributed by atoms with Crippen LogP contribution in [0.3, 0.4) is 0 Å². The molecule has 0 aliphatic carbocycles. The first-order valence-electron chi connectivity index (χ1n) is 2.42. The molecule has 0 aromatic carbocycles. The van der Waals surface area contributed by atoms with Crippen molar-refractivity contribution in [2.45, 2.75) is 13.8 Å². The van der Waals surface area contributed by atoms with E-state index in [-0.39, 0.29) is 5.57 Å². The summed E-state index contributed by atoms with van der Waals surface area (Å²) in [4.78, 5) is 20.5. The van der Waals surface area contributed by atoms with E-state index in [0.717, 1.165) is 0 Å². The molecule has 0 fully saturated rings. The molecule has 0 aliphatic rings. The molecule has 0 saturated carbocycles. The second-order valence-electron chi connectivity index (χ2n) is 1.66. The predicted molar refractivity (Wildman–Crippen MR) is 31.6 cm³/mol. The van der Waals surface area contributed by atoms with Crippen LogP contribution in [0.15, 0.2) is 12.2 Å². The molecule has 0 aromatic rings. The van der Waals surface area contributed by atoms with Gasteiger partial charge in [0.1, 0.15) is 0 Å². The minimum absolute atomic E-state index is 0.227. The van der Waals surface area contributed by atoms with E-state index in [1.54, 1.807) is 0 Å². The van der Waals surface area contributed by atoms with Crippen molar-refractivity contribution < 1.29 is 14.3 Å². The molecule has 0 bridgehead atoms. The first-order valence-corrected chi connectivity index (χ1v) is 2.42. The van der Waals surface area contributed by atoms with Gasteiger partial charge in [-0.25, -0.2) is 4.79 Å². The van der Waals surface area contributed by atoms with Gasteiger partial charge in [0, 0.05) is 12.5 Å². The van der Waals surface area contributed by atoms with Crippen LogP contribution in [0.2, 0.25) is 0 Å². The zero-order valence-corrected chi connectivity index (χ0v) is 5.43. The number of hydrogen-bond donors (Lipinski definition) is 0. The molecule has 0 unspecified atom stereocenters. The Bertz CT molecular complexity index is 158. The van der Waals surface area contributed by atoms with Gasteiger partial charge in [0.15, 0.2) is 0 Å². The van der Waals surface area contributed by atoms with E-state index < -0.39 is 11.9 Å². The molecule has 0 spiro atoms. The molecule has 0 radical (unpaired) electrons. The van der Waals surface area contributed by atoms with Gasteiger partial charge in [-0.2, -0.15) is 0 Å². The number of ether oxygens (including phenoxy) is 1.